The van der Waals surface area contributed by atoms with E-state index in [1.54, 1.807) is 10.6 Å². The van der Waals surface area contributed by atoms with E-state index in [1.807, 2.05) is 6.92 Å². The SMILES string of the molecule is CCn1c(Cl)cc(Cl)c1Cl. The second kappa shape index (κ2) is 3.04. The Morgan fingerprint density at radius 3 is 2.20 bits per heavy atom. The molecule has 0 radical (unpaired) electrons. The molecule has 0 bridgehead atoms. The fourth-order valence-electron chi connectivity index (χ4n) is 0.755. The highest BCUT2D eigenvalue weighted by Gasteiger charge is 2.07. The quantitative estimate of drug-likeness (QED) is 0.651. The molecule has 1 rings (SSSR count). The van der Waals surface area contributed by atoms with Crippen molar-refractivity contribution in [3.05, 3.63) is 21.4 Å². The summed E-state index contributed by atoms with van der Waals surface area (Å²) in [5.74, 6) is 0. The summed E-state index contributed by atoms with van der Waals surface area (Å²) in [6.07, 6.45) is 0. The van der Waals surface area contributed by atoms with Crippen LogP contribution in [-0.2, 0) is 6.54 Å². The molecule has 56 valence electrons. The highest BCUT2D eigenvalue weighted by atomic mass is 35.5. The molecule has 0 saturated carbocycles. The molecule has 0 aliphatic carbocycles. The summed E-state index contributed by atoms with van der Waals surface area (Å²) in [6, 6.07) is 1.63. The first-order chi connectivity index (χ1) is 4.66. The van der Waals surface area contributed by atoms with Gasteiger partial charge in [-0.3, -0.25) is 0 Å². The van der Waals surface area contributed by atoms with Gasteiger partial charge in [-0.05, 0) is 13.0 Å². The van der Waals surface area contributed by atoms with Gasteiger partial charge in [0, 0.05) is 6.54 Å². The Labute approximate surface area is 74.5 Å². The lowest BCUT2D eigenvalue weighted by Gasteiger charge is -1.99. The molecule has 0 aromatic carbocycles. The van der Waals surface area contributed by atoms with Gasteiger partial charge in [0.1, 0.15) is 10.3 Å². The van der Waals surface area contributed by atoms with Crippen molar-refractivity contribution in [2.75, 3.05) is 0 Å². The fourth-order valence-corrected chi connectivity index (χ4v) is 1.64. The smallest absolute Gasteiger partial charge is 0.128 e. The summed E-state index contributed by atoms with van der Waals surface area (Å²) in [5, 5.41) is 1.60. The van der Waals surface area contributed by atoms with Crippen molar-refractivity contribution in [3.63, 3.8) is 0 Å². The van der Waals surface area contributed by atoms with Gasteiger partial charge in [-0.2, -0.15) is 0 Å². The van der Waals surface area contributed by atoms with Crippen LogP contribution in [0.4, 0.5) is 0 Å². The van der Waals surface area contributed by atoms with E-state index in [4.69, 9.17) is 34.8 Å². The maximum absolute atomic E-state index is 5.76. The second-order valence-corrected chi connectivity index (χ2v) is 3.00. The van der Waals surface area contributed by atoms with E-state index in [-0.39, 0.29) is 0 Å². The zero-order chi connectivity index (χ0) is 7.72. The van der Waals surface area contributed by atoms with E-state index in [9.17, 15) is 0 Å². The van der Waals surface area contributed by atoms with Gasteiger partial charge in [0.15, 0.2) is 0 Å². The molecule has 0 spiro atoms. The van der Waals surface area contributed by atoms with Crippen LogP contribution in [0.3, 0.4) is 0 Å². The van der Waals surface area contributed by atoms with Gasteiger partial charge < -0.3 is 4.57 Å². The van der Waals surface area contributed by atoms with Crippen LogP contribution in [0.2, 0.25) is 15.3 Å². The van der Waals surface area contributed by atoms with Gasteiger partial charge in [-0.15, -0.1) is 0 Å². The van der Waals surface area contributed by atoms with Gasteiger partial charge in [-0.1, -0.05) is 34.8 Å². The molecule has 0 aliphatic rings. The molecule has 0 aliphatic heterocycles. The van der Waals surface area contributed by atoms with Gasteiger partial charge in [0.25, 0.3) is 0 Å². The zero-order valence-electron chi connectivity index (χ0n) is 5.37. The molecule has 10 heavy (non-hydrogen) atoms. The Balaban J connectivity index is 3.20. The van der Waals surface area contributed by atoms with Gasteiger partial charge in [-0.25, -0.2) is 0 Å². The Morgan fingerprint density at radius 2 is 2.00 bits per heavy atom. The van der Waals surface area contributed by atoms with Crippen LogP contribution in [0.25, 0.3) is 0 Å². The van der Waals surface area contributed by atoms with E-state index in [0.717, 1.165) is 6.54 Å². The first kappa shape index (κ1) is 8.25. The molecular weight excluding hydrogens is 192 g/mol. The molecule has 0 atom stereocenters. The summed E-state index contributed by atoms with van der Waals surface area (Å²) in [7, 11) is 0. The van der Waals surface area contributed by atoms with Gasteiger partial charge in [0.2, 0.25) is 0 Å². The van der Waals surface area contributed by atoms with Crippen molar-refractivity contribution >= 4 is 34.8 Å². The van der Waals surface area contributed by atoms with Crippen LogP contribution in [0, 0.1) is 0 Å². The topological polar surface area (TPSA) is 4.93 Å². The Bertz CT molecular complexity index is 241. The van der Waals surface area contributed by atoms with Crippen molar-refractivity contribution in [2.24, 2.45) is 0 Å². The zero-order valence-corrected chi connectivity index (χ0v) is 7.63. The second-order valence-electron chi connectivity index (χ2n) is 1.85. The fraction of sp³-hybridized carbons (Fsp3) is 0.333. The van der Waals surface area contributed by atoms with Crippen LogP contribution >= 0.6 is 34.8 Å². The summed E-state index contributed by atoms with van der Waals surface area (Å²) in [6.45, 7) is 2.69. The van der Waals surface area contributed by atoms with E-state index in [1.165, 1.54) is 0 Å². The normalized spacial score (nSPS) is 10.4. The number of aromatic nitrogens is 1. The Kier molecular flexibility index (Phi) is 2.50. The predicted octanol–water partition coefficient (Wildman–Crippen LogP) is 3.47. The molecule has 1 nitrogen and oxygen atoms in total. The summed E-state index contributed by atoms with van der Waals surface area (Å²) >= 11 is 17.2. The first-order valence-electron chi connectivity index (χ1n) is 2.86. The standard InChI is InChI=1S/C6H6Cl3N/c1-2-10-5(8)3-4(7)6(10)9/h3H,2H2,1H3. The third kappa shape index (κ3) is 1.26. The van der Waals surface area contributed by atoms with Crippen LogP contribution in [-0.4, -0.2) is 4.57 Å². The molecular formula is C6H6Cl3N. The van der Waals surface area contributed by atoms with Crippen LogP contribution in [0.5, 0.6) is 0 Å². The number of nitrogens with zero attached hydrogens (tertiary/aromatic N) is 1. The maximum atomic E-state index is 5.76. The molecule has 1 heterocycles. The minimum atomic E-state index is 0.508. The van der Waals surface area contributed by atoms with Crippen LogP contribution < -0.4 is 0 Å². The van der Waals surface area contributed by atoms with Crippen molar-refractivity contribution in [1.82, 2.24) is 4.57 Å². The summed E-state index contributed by atoms with van der Waals surface area (Å²) in [5.41, 5.74) is 0. The van der Waals surface area contributed by atoms with Crippen LogP contribution in [0.15, 0.2) is 6.07 Å². The average molecular weight is 198 g/mol. The lowest BCUT2D eigenvalue weighted by atomic mass is 10.7. The predicted molar refractivity (Wildman–Crippen MR) is 45.1 cm³/mol. The molecule has 1 aromatic rings. The monoisotopic (exact) mass is 197 g/mol. The minimum absolute atomic E-state index is 0.508. The number of hydrogen-bond acceptors (Lipinski definition) is 0. The number of rotatable bonds is 1. The Hall–Kier alpha value is 0.150. The largest absolute Gasteiger partial charge is 0.322 e. The van der Waals surface area contributed by atoms with Crippen molar-refractivity contribution < 1.29 is 0 Å². The van der Waals surface area contributed by atoms with Crippen molar-refractivity contribution in [1.29, 1.82) is 0 Å². The molecule has 0 N–H and O–H groups in total. The molecule has 4 heteroatoms. The average Bonchev–Trinajstić information content (AvgIpc) is 2.09. The molecule has 0 amide bonds. The van der Waals surface area contributed by atoms with Gasteiger partial charge >= 0.3 is 0 Å². The number of halogens is 3. The number of hydrogen-bond donors (Lipinski definition) is 0. The highest BCUT2D eigenvalue weighted by Crippen LogP contribution is 2.28. The maximum Gasteiger partial charge on any atom is 0.128 e. The van der Waals surface area contributed by atoms with Gasteiger partial charge in [0.05, 0.1) is 5.02 Å². The van der Waals surface area contributed by atoms with Crippen molar-refractivity contribution in [3.8, 4) is 0 Å². The minimum Gasteiger partial charge on any atom is -0.322 e. The third-order valence-electron chi connectivity index (χ3n) is 1.25. The van der Waals surface area contributed by atoms with E-state index in [0.29, 0.717) is 15.3 Å². The summed E-state index contributed by atoms with van der Waals surface area (Å²) in [4.78, 5) is 0. The van der Waals surface area contributed by atoms with Crippen molar-refractivity contribution in [2.45, 2.75) is 13.5 Å². The van der Waals surface area contributed by atoms with E-state index >= 15 is 0 Å². The first-order valence-corrected chi connectivity index (χ1v) is 4.00. The van der Waals surface area contributed by atoms with E-state index < -0.39 is 0 Å². The lowest BCUT2D eigenvalue weighted by Crippen LogP contribution is -1.92. The Morgan fingerprint density at radius 1 is 1.40 bits per heavy atom. The molecule has 1 aromatic heterocycles. The molecule has 0 saturated heterocycles. The highest BCUT2D eigenvalue weighted by molar-refractivity contribution is 6.43. The molecule has 0 fully saturated rings. The third-order valence-corrected chi connectivity index (χ3v) is 2.36. The van der Waals surface area contributed by atoms with Crippen LogP contribution in [0.1, 0.15) is 6.92 Å². The molecule has 0 unspecified atom stereocenters. The summed E-state index contributed by atoms with van der Waals surface area (Å²) < 4.78 is 1.73. The van der Waals surface area contributed by atoms with E-state index in [2.05, 4.69) is 0 Å². The lowest BCUT2D eigenvalue weighted by molar-refractivity contribution is 0.771.